The number of unbranched alkanes of at least 4 members (excludes halogenated alkanes) is 1. The van der Waals surface area contributed by atoms with E-state index in [1.165, 1.54) is 5.00 Å². The Bertz CT molecular complexity index is 655. The number of guanidine groups is 1. The number of nitrogens with two attached hydrogens (primary N) is 1. The number of nitrogens with one attached hydrogen (secondary N) is 2. The van der Waals surface area contributed by atoms with Crippen LogP contribution in [0.1, 0.15) is 45.4 Å². The molecule has 0 atom stereocenters. The lowest BCUT2D eigenvalue weighted by atomic mass is 9.96. The summed E-state index contributed by atoms with van der Waals surface area (Å²) in [4.78, 5) is 21.0. The molecule has 9 heteroatoms. The van der Waals surface area contributed by atoms with Crippen LogP contribution >= 0.6 is 35.3 Å². The van der Waals surface area contributed by atoms with Crippen LogP contribution in [-0.4, -0.2) is 68.6 Å². The van der Waals surface area contributed by atoms with Gasteiger partial charge >= 0.3 is 0 Å². The summed E-state index contributed by atoms with van der Waals surface area (Å²) in [6, 6.07) is 4.83. The first kappa shape index (κ1) is 26.2. The number of hydrogen-bond donors (Lipinski definition) is 3. The van der Waals surface area contributed by atoms with Crippen LogP contribution < -0.4 is 21.3 Å². The topological polar surface area (TPSA) is 86.0 Å². The largest absolute Gasteiger partial charge is 0.369 e. The second kappa shape index (κ2) is 14.2. The second-order valence-electron chi connectivity index (χ2n) is 8.34. The number of thiophene rings is 1. The number of carbonyl (C=O) groups excluding carboxylic acids is 1. The number of anilines is 1. The Balaban J connectivity index is 0.00000341. The van der Waals surface area contributed by atoms with Gasteiger partial charge < -0.3 is 26.2 Å². The van der Waals surface area contributed by atoms with E-state index in [9.17, 15) is 4.79 Å². The van der Waals surface area contributed by atoms with Crippen molar-refractivity contribution >= 4 is 52.2 Å². The van der Waals surface area contributed by atoms with Crippen molar-refractivity contribution in [3.05, 3.63) is 17.5 Å². The van der Waals surface area contributed by atoms with E-state index in [1.54, 1.807) is 0 Å². The van der Waals surface area contributed by atoms with E-state index in [2.05, 4.69) is 44.9 Å². The summed E-state index contributed by atoms with van der Waals surface area (Å²) < 4.78 is 0. The number of carbonyl (C=O) groups is 1. The molecule has 3 heterocycles. The highest BCUT2D eigenvalue weighted by Crippen LogP contribution is 2.24. The minimum Gasteiger partial charge on any atom is -0.369 e. The lowest BCUT2D eigenvalue weighted by Crippen LogP contribution is -2.48. The van der Waals surface area contributed by atoms with Crippen LogP contribution in [0.15, 0.2) is 22.5 Å². The van der Waals surface area contributed by atoms with Crippen molar-refractivity contribution in [2.45, 2.75) is 51.5 Å². The molecule has 2 aliphatic heterocycles. The molecule has 0 aromatic carbocycles. The fraction of sp³-hybridized carbons (Fsp3) is 0.727. The van der Waals surface area contributed by atoms with E-state index in [0.29, 0.717) is 6.04 Å². The van der Waals surface area contributed by atoms with Gasteiger partial charge in [-0.3, -0.25) is 9.79 Å². The predicted octanol–water partition coefficient (Wildman–Crippen LogP) is 2.87. The number of nitrogens with zero attached hydrogens (tertiary/aromatic N) is 3. The lowest BCUT2D eigenvalue weighted by Gasteiger charge is -2.33. The highest BCUT2D eigenvalue weighted by molar-refractivity contribution is 14.0. The molecular formula is C22H39IN6OS. The first-order valence-electron chi connectivity index (χ1n) is 11.5. The van der Waals surface area contributed by atoms with Crippen molar-refractivity contribution in [1.29, 1.82) is 0 Å². The normalized spacial score (nSPS) is 19.1. The molecule has 1 amide bonds. The molecule has 7 nitrogen and oxygen atoms in total. The quantitative estimate of drug-likeness (QED) is 0.187. The number of hydrogen-bond acceptors (Lipinski definition) is 5. The average molecular weight is 563 g/mol. The molecule has 0 spiro atoms. The number of amides is 1. The fourth-order valence-electron chi connectivity index (χ4n) is 4.29. The third kappa shape index (κ3) is 8.76. The number of likely N-dealkylation sites (tertiary alicyclic amines) is 1. The smallest absolute Gasteiger partial charge is 0.220 e. The van der Waals surface area contributed by atoms with Gasteiger partial charge in [-0.05, 0) is 82.6 Å². The molecule has 2 fully saturated rings. The minimum atomic E-state index is -0.135. The van der Waals surface area contributed by atoms with Gasteiger partial charge in [0.25, 0.3) is 0 Å². The number of primary amides is 1. The lowest BCUT2D eigenvalue weighted by molar-refractivity contribution is -0.123. The minimum absolute atomic E-state index is 0. The van der Waals surface area contributed by atoms with Crippen LogP contribution in [-0.2, 0) is 4.79 Å². The zero-order valence-electron chi connectivity index (χ0n) is 18.7. The van der Waals surface area contributed by atoms with Crippen molar-refractivity contribution < 1.29 is 4.79 Å². The van der Waals surface area contributed by atoms with E-state index in [0.717, 1.165) is 90.3 Å². The molecular weight excluding hydrogens is 523 g/mol. The van der Waals surface area contributed by atoms with E-state index < -0.39 is 0 Å². The van der Waals surface area contributed by atoms with Crippen LogP contribution in [0.25, 0.3) is 0 Å². The number of rotatable bonds is 9. The third-order valence-electron chi connectivity index (χ3n) is 6.14. The van der Waals surface area contributed by atoms with Gasteiger partial charge in [0.15, 0.2) is 5.96 Å². The Morgan fingerprint density at radius 3 is 2.55 bits per heavy atom. The van der Waals surface area contributed by atoms with Crippen molar-refractivity contribution in [2.75, 3.05) is 50.7 Å². The second-order valence-corrected chi connectivity index (χ2v) is 9.27. The summed E-state index contributed by atoms with van der Waals surface area (Å²) >= 11 is 1.83. The summed E-state index contributed by atoms with van der Waals surface area (Å²) in [5, 5.41) is 10.6. The zero-order chi connectivity index (χ0) is 21.2. The molecule has 31 heavy (non-hydrogen) atoms. The van der Waals surface area contributed by atoms with Gasteiger partial charge in [-0.25, -0.2) is 0 Å². The SMILES string of the molecule is CCNC(=NCCCCN1CCC(C(N)=O)CC1)NC1CCN(c2cccs2)CC1.I. The highest BCUT2D eigenvalue weighted by atomic mass is 127. The molecule has 2 saturated heterocycles. The van der Waals surface area contributed by atoms with E-state index in [-0.39, 0.29) is 35.8 Å². The van der Waals surface area contributed by atoms with Gasteiger partial charge in [0, 0.05) is 38.1 Å². The van der Waals surface area contributed by atoms with Crippen LogP contribution in [0.4, 0.5) is 5.00 Å². The molecule has 3 rings (SSSR count). The number of piperidine rings is 2. The van der Waals surface area contributed by atoms with Gasteiger partial charge in [0.05, 0.1) is 5.00 Å². The molecule has 0 radical (unpaired) electrons. The van der Waals surface area contributed by atoms with Crippen molar-refractivity contribution in [3.8, 4) is 0 Å². The average Bonchev–Trinajstić information content (AvgIpc) is 3.29. The van der Waals surface area contributed by atoms with E-state index in [4.69, 9.17) is 10.7 Å². The maximum absolute atomic E-state index is 11.3. The monoisotopic (exact) mass is 562 g/mol. The van der Waals surface area contributed by atoms with Crippen molar-refractivity contribution in [1.82, 2.24) is 15.5 Å². The summed E-state index contributed by atoms with van der Waals surface area (Å²) in [5.41, 5.74) is 5.42. The molecule has 2 aliphatic rings. The summed E-state index contributed by atoms with van der Waals surface area (Å²) in [7, 11) is 0. The molecule has 1 aromatic heterocycles. The van der Waals surface area contributed by atoms with Crippen molar-refractivity contribution in [2.24, 2.45) is 16.6 Å². The summed E-state index contributed by atoms with van der Waals surface area (Å²) in [5.74, 6) is 0.899. The summed E-state index contributed by atoms with van der Waals surface area (Å²) in [6.07, 6.45) is 6.33. The molecule has 0 aliphatic carbocycles. The van der Waals surface area contributed by atoms with Gasteiger partial charge in [-0.15, -0.1) is 35.3 Å². The summed E-state index contributed by atoms with van der Waals surface area (Å²) in [6.45, 7) is 9.12. The van der Waals surface area contributed by atoms with Gasteiger partial charge in [-0.1, -0.05) is 0 Å². The maximum Gasteiger partial charge on any atom is 0.220 e. The van der Waals surface area contributed by atoms with Crippen LogP contribution in [0.5, 0.6) is 0 Å². The van der Waals surface area contributed by atoms with Crippen LogP contribution in [0.3, 0.4) is 0 Å². The molecule has 176 valence electrons. The first-order chi connectivity index (χ1) is 14.7. The highest BCUT2D eigenvalue weighted by Gasteiger charge is 2.23. The fourth-order valence-corrected chi connectivity index (χ4v) is 5.07. The number of halogens is 1. The zero-order valence-corrected chi connectivity index (χ0v) is 21.9. The molecule has 0 bridgehead atoms. The van der Waals surface area contributed by atoms with Gasteiger partial charge in [0.1, 0.15) is 0 Å². The van der Waals surface area contributed by atoms with Crippen LogP contribution in [0, 0.1) is 5.92 Å². The first-order valence-corrected chi connectivity index (χ1v) is 12.4. The van der Waals surface area contributed by atoms with E-state index in [1.807, 2.05) is 11.3 Å². The van der Waals surface area contributed by atoms with Crippen LogP contribution in [0.2, 0.25) is 0 Å². The maximum atomic E-state index is 11.3. The Morgan fingerprint density at radius 1 is 1.19 bits per heavy atom. The van der Waals surface area contributed by atoms with Gasteiger partial charge in [-0.2, -0.15) is 0 Å². The molecule has 0 unspecified atom stereocenters. The molecule has 0 saturated carbocycles. The van der Waals surface area contributed by atoms with Gasteiger partial charge in [0.2, 0.25) is 5.91 Å². The van der Waals surface area contributed by atoms with Crippen molar-refractivity contribution in [3.63, 3.8) is 0 Å². The Hall–Kier alpha value is -1.07. The predicted molar refractivity (Wildman–Crippen MR) is 142 cm³/mol. The van der Waals surface area contributed by atoms with E-state index >= 15 is 0 Å². The molecule has 4 N–H and O–H groups in total. The standard InChI is InChI=1S/C22H38N6OS.HI/c1-2-24-22(26-19-9-15-28(16-10-19)20-6-5-17-30-20)25-11-3-4-12-27-13-7-18(8-14-27)21(23)29;/h5-6,17-19H,2-4,7-16H2,1H3,(H2,23,29)(H2,24,25,26);1H. The Labute approximate surface area is 208 Å². The third-order valence-corrected chi connectivity index (χ3v) is 7.07. The Kier molecular flexibility index (Phi) is 12.0. The number of aliphatic imine (C=N–C) groups is 1. The molecule has 1 aromatic rings. The Morgan fingerprint density at radius 2 is 1.94 bits per heavy atom.